The van der Waals surface area contributed by atoms with E-state index in [1.165, 1.54) is 21.4 Å². The molecule has 10 nitrogen and oxygen atoms in total. The van der Waals surface area contributed by atoms with Crippen molar-refractivity contribution >= 4 is 28.6 Å². The second-order valence-corrected chi connectivity index (χ2v) is 14.0. The van der Waals surface area contributed by atoms with Gasteiger partial charge >= 0.3 is 0 Å². The van der Waals surface area contributed by atoms with Gasteiger partial charge in [-0.3, -0.25) is 24.0 Å². The number of aromatic nitrogens is 1. The number of amides is 3. The lowest BCUT2D eigenvalue weighted by Crippen LogP contribution is -2.71. The van der Waals surface area contributed by atoms with Gasteiger partial charge in [0.1, 0.15) is 12.1 Å². The number of aliphatic hydroxyl groups is 1. The van der Waals surface area contributed by atoms with Gasteiger partial charge in [0.25, 0.3) is 11.8 Å². The molecule has 0 unspecified atom stereocenters. The number of piperidine rings is 1. The molecule has 4 aliphatic heterocycles. The first-order chi connectivity index (χ1) is 21.6. The summed E-state index contributed by atoms with van der Waals surface area (Å²) in [6.45, 7) is 4.68. The molecule has 0 spiro atoms. The van der Waals surface area contributed by atoms with E-state index in [0.717, 1.165) is 17.5 Å². The average Bonchev–Trinajstić information content (AvgIpc) is 3.74. The summed E-state index contributed by atoms with van der Waals surface area (Å²) >= 11 is 0. The molecule has 1 aromatic heterocycles. The minimum Gasteiger partial charge on any atom is -0.361 e. The van der Waals surface area contributed by atoms with Gasteiger partial charge in [0, 0.05) is 54.5 Å². The molecule has 3 amide bonds. The molecule has 0 saturated carbocycles. The van der Waals surface area contributed by atoms with E-state index in [4.69, 9.17) is 4.74 Å². The van der Waals surface area contributed by atoms with Gasteiger partial charge < -0.3 is 25.2 Å². The van der Waals surface area contributed by atoms with Crippen LogP contribution >= 0.6 is 0 Å². The highest BCUT2D eigenvalue weighted by Gasteiger charge is 2.72. The SMILES string of the molecule is CC(C)[C@]1(NC(=O)[C@@H]2C[C@@H]3c4cccc5[nH]cc(c45)C[C@H]3N(C)C2)O[C@@]2(O)[C@@H]3CCCN3C(=O)[C@H](Cc3ccccc3)N2C1=O. The van der Waals surface area contributed by atoms with Crippen molar-refractivity contribution in [3.05, 3.63) is 71.4 Å². The number of rotatable bonds is 5. The van der Waals surface area contributed by atoms with Crippen LogP contribution in [0.1, 0.15) is 55.7 Å². The van der Waals surface area contributed by atoms with Crippen LogP contribution in [0.3, 0.4) is 0 Å². The topological polar surface area (TPSA) is 118 Å². The molecule has 5 heterocycles. The van der Waals surface area contributed by atoms with E-state index in [1.807, 2.05) is 44.2 Å². The normalized spacial score (nSPS) is 34.3. The first-order valence-corrected chi connectivity index (χ1v) is 16.3. The summed E-state index contributed by atoms with van der Waals surface area (Å²) in [5, 5.41) is 16.6. The van der Waals surface area contributed by atoms with Crippen LogP contribution in [0, 0.1) is 11.8 Å². The number of nitrogens with one attached hydrogen (secondary N) is 2. The zero-order chi connectivity index (χ0) is 31.2. The maximum absolute atomic E-state index is 14.6. The number of hydrogen-bond donors (Lipinski definition) is 3. The maximum atomic E-state index is 14.6. The van der Waals surface area contributed by atoms with Crippen LogP contribution in [-0.2, 0) is 32.0 Å². The monoisotopic (exact) mass is 611 g/mol. The number of likely N-dealkylation sites (tertiary alicyclic amines) is 1. The van der Waals surface area contributed by atoms with E-state index >= 15 is 0 Å². The number of carbonyl (C=O) groups is 3. The highest BCUT2D eigenvalue weighted by molar-refractivity contribution is 5.98. The Morgan fingerprint density at radius 1 is 1.16 bits per heavy atom. The second-order valence-electron chi connectivity index (χ2n) is 14.0. The Labute approximate surface area is 262 Å². The van der Waals surface area contributed by atoms with E-state index in [0.29, 0.717) is 32.4 Å². The summed E-state index contributed by atoms with van der Waals surface area (Å²) in [5.41, 5.74) is 2.75. The summed E-state index contributed by atoms with van der Waals surface area (Å²) in [6, 6.07) is 14.5. The largest absolute Gasteiger partial charge is 0.361 e. The Morgan fingerprint density at radius 2 is 1.96 bits per heavy atom. The third-order valence-electron chi connectivity index (χ3n) is 11.2. The Balaban J connectivity index is 1.12. The molecule has 4 saturated heterocycles. The predicted octanol–water partition coefficient (Wildman–Crippen LogP) is 2.72. The molecule has 3 N–H and O–H groups in total. The second kappa shape index (κ2) is 10.1. The molecular weight excluding hydrogens is 570 g/mol. The summed E-state index contributed by atoms with van der Waals surface area (Å²) < 4.78 is 6.51. The van der Waals surface area contributed by atoms with E-state index in [1.54, 1.807) is 4.90 Å². The Hall–Kier alpha value is -3.73. The third-order valence-corrected chi connectivity index (χ3v) is 11.2. The summed E-state index contributed by atoms with van der Waals surface area (Å²) in [4.78, 5) is 51.4. The quantitative estimate of drug-likeness (QED) is 0.409. The van der Waals surface area contributed by atoms with E-state index in [9.17, 15) is 19.5 Å². The first kappa shape index (κ1) is 28.7. The van der Waals surface area contributed by atoms with Gasteiger partial charge in [0.05, 0.1) is 5.92 Å². The number of carbonyl (C=O) groups excluding carboxylic acids is 3. The summed E-state index contributed by atoms with van der Waals surface area (Å²) in [5.74, 6) is -3.80. The average molecular weight is 612 g/mol. The van der Waals surface area contributed by atoms with Crippen LogP contribution in [0.5, 0.6) is 0 Å². The van der Waals surface area contributed by atoms with Gasteiger partial charge in [0.15, 0.2) is 0 Å². The van der Waals surface area contributed by atoms with Gasteiger partial charge in [-0.15, -0.1) is 0 Å². The molecule has 1 aliphatic carbocycles. The van der Waals surface area contributed by atoms with Crippen molar-refractivity contribution in [2.75, 3.05) is 20.1 Å². The van der Waals surface area contributed by atoms with Crippen LogP contribution in [0.15, 0.2) is 54.7 Å². The molecule has 10 heteroatoms. The minimum atomic E-state index is -2.04. The Kier molecular flexibility index (Phi) is 6.47. The molecule has 236 valence electrons. The van der Waals surface area contributed by atoms with E-state index in [2.05, 4.69) is 46.6 Å². The van der Waals surface area contributed by atoms with Gasteiger partial charge in [-0.25, -0.2) is 0 Å². The number of fused-ring (bicyclic) bond motifs is 5. The molecule has 7 atom stereocenters. The number of aromatic amines is 1. The first-order valence-electron chi connectivity index (χ1n) is 16.3. The number of H-pyrrole nitrogens is 1. The minimum absolute atomic E-state index is 0.164. The predicted molar refractivity (Wildman–Crippen MR) is 167 cm³/mol. The number of benzene rings is 2. The number of ether oxygens (including phenoxy) is 1. The van der Waals surface area contributed by atoms with Crippen LogP contribution in [0.4, 0.5) is 0 Å². The van der Waals surface area contributed by atoms with Crippen LogP contribution < -0.4 is 5.32 Å². The Morgan fingerprint density at radius 3 is 2.73 bits per heavy atom. The van der Waals surface area contributed by atoms with Crippen LogP contribution in [0.2, 0.25) is 0 Å². The summed E-state index contributed by atoms with van der Waals surface area (Å²) in [6.07, 6.45) is 5.12. The Bertz CT molecular complexity index is 1690. The number of hydrogen-bond acceptors (Lipinski definition) is 6. The molecule has 2 aromatic carbocycles. The zero-order valence-electron chi connectivity index (χ0n) is 26.0. The molecule has 3 aromatic rings. The van der Waals surface area contributed by atoms with Gasteiger partial charge in [-0.2, -0.15) is 0 Å². The van der Waals surface area contributed by atoms with Crippen molar-refractivity contribution in [2.24, 2.45) is 11.8 Å². The van der Waals surface area contributed by atoms with E-state index < -0.39 is 41.5 Å². The van der Waals surface area contributed by atoms with Crippen molar-refractivity contribution < 1.29 is 24.2 Å². The lowest BCUT2D eigenvalue weighted by atomic mass is 9.72. The van der Waals surface area contributed by atoms with Gasteiger partial charge in [-0.1, -0.05) is 56.3 Å². The van der Waals surface area contributed by atoms with Crippen LogP contribution in [-0.4, -0.2) is 92.4 Å². The lowest BCUT2D eigenvalue weighted by Gasteiger charge is -2.48. The van der Waals surface area contributed by atoms with Crippen molar-refractivity contribution in [3.8, 4) is 0 Å². The standard InChI is InChI=1S/C35H41N5O5/c1-20(2)34(37-31(41)23-16-25-24-11-7-12-26-30(24)22(18-36-26)17-27(25)38(3)19-23)33(43)40-28(15-21-9-5-4-6-10-21)32(42)39-14-8-13-29(39)35(40,44)45-34/h4-7,9-12,18,20,23,25,27-29,36,44H,8,13-17,19H2,1-3H3,(H,37,41)/t23-,25-,27-,28+,29+,34+,35+/m1/s1. The van der Waals surface area contributed by atoms with Crippen molar-refractivity contribution in [1.29, 1.82) is 0 Å². The highest BCUT2D eigenvalue weighted by Crippen LogP contribution is 2.49. The molecular formula is C35H41N5O5. The highest BCUT2D eigenvalue weighted by atomic mass is 16.7. The third kappa shape index (κ3) is 4.08. The van der Waals surface area contributed by atoms with Crippen molar-refractivity contribution in [2.45, 2.75) is 81.6 Å². The molecule has 0 radical (unpaired) electrons. The van der Waals surface area contributed by atoms with Gasteiger partial charge in [-0.05, 0) is 55.5 Å². The molecule has 8 rings (SSSR count). The van der Waals surface area contributed by atoms with Crippen molar-refractivity contribution in [1.82, 2.24) is 25.0 Å². The smallest absolute Gasteiger partial charge is 0.281 e. The molecule has 4 fully saturated rings. The van der Waals surface area contributed by atoms with Gasteiger partial charge in [0.2, 0.25) is 17.5 Å². The number of nitrogens with zero attached hydrogens (tertiary/aromatic N) is 3. The molecule has 5 aliphatic rings. The zero-order valence-corrected chi connectivity index (χ0v) is 26.0. The fourth-order valence-electron chi connectivity index (χ4n) is 8.99. The molecule has 0 bridgehead atoms. The van der Waals surface area contributed by atoms with Crippen molar-refractivity contribution in [3.63, 3.8) is 0 Å². The lowest BCUT2D eigenvalue weighted by molar-refractivity contribution is -0.321. The van der Waals surface area contributed by atoms with Crippen LogP contribution in [0.25, 0.3) is 10.9 Å². The van der Waals surface area contributed by atoms with E-state index in [-0.39, 0.29) is 30.2 Å². The number of likely N-dealkylation sites (N-methyl/N-ethyl adjacent to an activating group) is 1. The number of piperazine rings is 1. The maximum Gasteiger partial charge on any atom is 0.281 e. The fourth-order valence-corrected chi connectivity index (χ4v) is 8.99. The fraction of sp³-hybridized carbons (Fsp3) is 0.514. The summed E-state index contributed by atoms with van der Waals surface area (Å²) in [7, 11) is 2.07. The molecule has 45 heavy (non-hydrogen) atoms.